The number of primary sulfonamides is 1. The van der Waals surface area contributed by atoms with E-state index in [9.17, 15) is 13.2 Å². The molecule has 1 rings (SSSR count). The lowest BCUT2D eigenvalue weighted by Crippen LogP contribution is -2.40. The first-order valence-corrected chi connectivity index (χ1v) is 7.44. The van der Waals surface area contributed by atoms with Crippen molar-refractivity contribution < 1.29 is 13.2 Å². The summed E-state index contributed by atoms with van der Waals surface area (Å²) in [6.07, 6.45) is 0. The summed E-state index contributed by atoms with van der Waals surface area (Å²) in [5, 5.41) is 10.8. The molecule has 0 bridgehead atoms. The van der Waals surface area contributed by atoms with Crippen molar-refractivity contribution >= 4 is 21.6 Å². The summed E-state index contributed by atoms with van der Waals surface area (Å²) in [7, 11) is -3.69. The number of carbonyl (C=O) groups is 1. The predicted octanol–water partition coefficient (Wildman–Crippen LogP) is 0.659. The van der Waals surface area contributed by atoms with Crippen LogP contribution in [0.1, 0.15) is 20.8 Å². The molecular weight excluding hydrogens is 266 g/mol. The summed E-state index contributed by atoms with van der Waals surface area (Å²) in [4.78, 5) is 11.7. The zero-order chi connectivity index (χ0) is 14.6. The van der Waals surface area contributed by atoms with Gasteiger partial charge in [-0.15, -0.1) is 0 Å². The Morgan fingerprint density at radius 2 is 1.68 bits per heavy atom. The predicted molar refractivity (Wildman–Crippen MR) is 74.2 cm³/mol. The first-order chi connectivity index (χ1) is 8.70. The van der Waals surface area contributed by atoms with Crippen LogP contribution in [-0.4, -0.2) is 26.4 Å². The van der Waals surface area contributed by atoms with Crippen LogP contribution in [-0.2, 0) is 14.8 Å². The Hall–Kier alpha value is -1.60. The molecular formula is C12H19N3O3S. The van der Waals surface area contributed by atoms with Gasteiger partial charge >= 0.3 is 0 Å². The SMILES string of the molecule is CC(C)NC(=O)C(C)Nc1ccc(S(N)(=O)=O)cc1. The lowest BCUT2D eigenvalue weighted by molar-refractivity contribution is -0.122. The van der Waals surface area contributed by atoms with Gasteiger partial charge in [-0.3, -0.25) is 4.79 Å². The first kappa shape index (κ1) is 15.5. The Balaban J connectivity index is 2.71. The maximum absolute atomic E-state index is 11.7. The molecule has 0 aliphatic carbocycles. The van der Waals surface area contributed by atoms with Gasteiger partial charge in [0.05, 0.1) is 4.90 Å². The normalized spacial score (nSPS) is 13.1. The van der Waals surface area contributed by atoms with Crippen molar-refractivity contribution in [3.63, 3.8) is 0 Å². The zero-order valence-electron chi connectivity index (χ0n) is 11.2. The van der Waals surface area contributed by atoms with Crippen LogP contribution in [0.15, 0.2) is 29.2 Å². The van der Waals surface area contributed by atoms with E-state index in [0.717, 1.165) is 0 Å². The topological polar surface area (TPSA) is 101 Å². The third-order valence-corrected chi connectivity index (χ3v) is 3.32. The highest BCUT2D eigenvalue weighted by Gasteiger charge is 2.13. The van der Waals surface area contributed by atoms with E-state index >= 15 is 0 Å². The van der Waals surface area contributed by atoms with Gasteiger partial charge < -0.3 is 10.6 Å². The van der Waals surface area contributed by atoms with Crippen LogP contribution in [0.5, 0.6) is 0 Å². The van der Waals surface area contributed by atoms with Gasteiger partial charge in [-0.1, -0.05) is 0 Å². The third kappa shape index (κ3) is 4.88. The number of nitrogens with two attached hydrogens (primary N) is 1. The molecule has 1 aromatic rings. The molecule has 0 radical (unpaired) electrons. The Bertz CT molecular complexity index is 538. The molecule has 1 aromatic carbocycles. The summed E-state index contributed by atoms with van der Waals surface area (Å²) in [6.45, 7) is 5.49. The number of hydrogen-bond donors (Lipinski definition) is 3. The van der Waals surface area contributed by atoms with E-state index < -0.39 is 16.1 Å². The van der Waals surface area contributed by atoms with Crippen molar-refractivity contribution in [3.05, 3.63) is 24.3 Å². The van der Waals surface area contributed by atoms with Gasteiger partial charge in [-0.25, -0.2) is 13.6 Å². The van der Waals surface area contributed by atoms with Crippen molar-refractivity contribution in [2.24, 2.45) is 5.14 Å². The van der Waals surface area contributed by atoms with Crippen LogP contribution in [0, 0.1) is 0 Å². The van der Waals surface area contributed by atoms with E-state index in [0.29, 0.717) is 5.69 Å². The molecule has 0 aliphatic rings. The number of rotatable bonds is 5. The molecule has 4 N–H and O–H groups in total. The minimum atomic E-state index is -3.69. The minimum Gasteiger partial charge on any atom is -0.374 e. The van der Waals surface area contributed by atoms with Crippen LogP contribution < -0.4 is 15.8 Å². The second-order valence-corrected chi connectivity index (χ2v) is 6.16. The average molecular weight is 285 g/mol. The van der Waals surface area contributed by atoms with Crippen molar-refractivity contribution in [2.45, 2.75) is 37.8 Å². The molecule has 106 valence electrons. The maximum atomic E-state index is 11.7. The highest BCUT2D eigenvalue weighted by molar-refractivity contribution is 7.89. The quantitative estimate of drug-likeness (QED) is 0.739. The molecule has 0 aliphatic heterocycles. The monoisotopic (exact) mass is 285 g/mol. The number of carbonyl (C=O) groups excluding carboxylic acids is 1. The van der Waals surface area contributed by atoms with Crippen LogP contribution in [0.2, 0.25) is 0 Å². The van der Waals surface area contributed by atoms with Gasteiger partial charge in [0.1, 0.15) is 6.04 Å². The molecule has 0 saturated carbocycles. The van der Waals surface area contributed by atoms with Crippen LogP contribution >= 0.6 is 0 Å². The van der Waals surface area contributed by atoms with E-state index in [1.165, 1.54) is 12.1 Å². The lowest BCUT2D eigenvalue weighted by atomic mass is 10.2. The number of nitrogens with one attached hydrogen (secondary N) is 2. The summed E-state index contributed by atoms with van der Waals surface area (Å²) >= 11 is 0. The van der Waals surface area contributed by atoms with Crippen LogP contribution in [0.4, 0.5) is 5.69 Å². The fraction of sp³-hybridized carbons (Fsp3) is 0.417. The van der Waals surface area contributed by atoms with E-state index in [1.54, 1.807) is 19.1 Å². The highest BCUT2D eigenvalue weighted by atomic mass is 32.2. The van der Waals surface area contributed by atoms with Crippen LogP contribution in [0.25, 0.3) is 0 Å². The largest absolute Gasteiger partial charge is 0.374 e. The van der Waals surface area contributed by atoms with Crippen molar-refractivity contribution in [1.82, 2.24) is 5.32 Å². The molecule has 0 aromatic heterocycles. The van der Waals surface area contributed by atoms with E-state index in [4.69, 9.17) is 5.14 Å². The summed E-state index contributed by atoms with van der Waals surface area (Å²) < 4.78 is 22.2. The van der Waals surface area contributed by atoms with E-state index in [2.05, 4.69) is 10.6 Å². The zero-order valence-corrected chi connectivity index (χ0v) is 12.0. The van der Waals surface area contributed by atoms with Gasteiger partial charge in [0.15, 0.2) is 0 Å². The van der Waals surface area contributed by atoms with E-state index in [1.807, 2.05) is 13.8 Å². The molecule has 1 amide bonds. The molecule has 1 atom stereocenters. The average Bonchev–Trinajstić information content (AvgIpc) is 2.27. The van der Waals surface area contributed by atoms with Crippen LogP contribution in [0.3, 0.4) is 0 Å². The molecule has 6 nitrogen and oxygen atoms in total. The van der Waals surface area contributed by atoms with E-state index in [-0.39, 0.29) is 16.8 Å². The summed E-state index contributed by atoms with van der Waals surface area (Å²) in [6, 6.07) is 5.58. The fourth-order valence-electron chi connectivity index (χ4n) is 1.47. The first-order valence-electron chi connectivity index (χ1n) is 5.90. The molecule has 7 heteroatoms. The Labute approximate surface area is 113 Å². The van der Waals surface area contributed by atoms with Crippen molar-refractivity contribution in [1.29, 1.82) is 0 Å². The van der Waals surface area contributed by atoms with Gasteiger partial charge in [-0.05, 0) is 45.0 Å². The number of hydrogen-bond acceptors (Lipinski definition) is 4. The molecule has 0 spiro atoms. The van der Waals surface area contributed by atoms with Gasteiger partial charge in [0.25, 0.3) is 0 Å². The highest BCUT2D eigenvalue weighted by Crippen LogP contribution is 2.13. The van der Waals surface area contributed by atoms with Gasteiger partial charge in [0, 0.05) is 11.7 Å². The summed E-state index contributed by atoms with van der Waals surface area (Å²) in [5.74, 6) is -0.120. The number of benzene rings is 1. The molecule has 19 heavy (non-hydrogen) atoms. The van der Waals surface area contributed by atoms with Crippen molar-refractivity contribution in [2.75, 3.05) is 5.32 Å². The second kappa shape index (κ2) is 6.03. The Morgan fingerprint density at radius 1 is 1.16 bits per heavy atom. The number of sulfonamides is 1. The molecule has 0 heterocycles. The number of anilines is 1. The minimum absolute atomic E-state index is 0.0392. The molecule has 0 fully saturated rings. The number of amides is 1. The fourth-order valence-corrected chi connectivity index (χ4v) is 1.98. The lowest BCUT2D eigenvalue weighted by Gasteiger charge is -2.17. The smallest absolute Gasteiger partial charge is 0.242 e. The standard InChI is InChI=1S/C12H19N3O3S/c1-8(2)14-12(16)9(3)15-10-4-6-11(7-5-10)19(13,17)18/h4-9,15H,1-3H3,(H,14,16)(H2,13,17,18). The Morgan fingerprint density at radius 3 is 2.11 bits per heavy atom. The molecule has 0 saturated heterocycles. The third-order valence-electron chi connectivity index (χ3n) is 2.39. The molecule has 1 unspecified atom stereocenters. The summed E-state index contributed by atoms with van der Waals surface area (Å²) in [5.41, 5.74) is 0.652. The Kier molecular flexibility index (Phi) is 4.90. The maximum Gasteiger partial charge on any atom is 0.242 e. The van der Waals surface area contributed by atoms with Gasteiger partial charge in [-0.2, -0.15) is 0 Å². The second-order valence-electron chi connectivity index (χ2n) is 4.60. The van der Waals surface area contributed by atoms with Gasteiger partial charge in [0.2, 0.25) is 15.9 Å². The van der Waals surface area contributed by atoms with Crippen molar-refractivity contribution in [3.8, 4) is 0 Å².